The van der Waals surface area contributed by atoms with Crippen LogP contribution in [0.15, 0.2) is 0 Å². The van der Waals surface area contributed by atoms with Crippen molar-refractivity contribution in [2.24, 2.45) is 17.8 Å². The van der Waals surface area contributed by atoms with Gasteiger partial charge >= 0.3 is 5.97 Å². The zero-order chi connectivity index (χ0) is 20.8. The van der Waals surface area contributed by atoms with Gasteiger partial charge in [0.1, 0.15) is 0 Å². The summed E-state index contributed by atoms with van der Waals surface area (Å²) in [5.74, 6) is -0.944. The van der Waals surface area contributed by atoms with Crippen LogP contribution in [0.25, 0.3) is 0 Å². The Labute approximate surface area is 166 Å². The van der Waals surface area contributed by atoms with Crippen molar-refractivity contribution in [3.8, 4) is 0 Å². The summed E-state index contributed by atoms with van der Waals surface area (Å²) >= 11 is 0. The van der Waals surface area contributed by atoms with Gasteiger partial charge in [-0.2, -0.15) is 0 Å². The van der Waals surface area contributed by atoms with Crippen LogP contribution < -0.4 is 10.6 Å². The largest absolute Gasteiger partial charge is 0.455 e. The molecule has 1 saturated heterocycles. The summed E-state index contributed by atoms with van der Waals surface area (Å²) in [4.78, 5) is 49.8. The Morgan fingerprint density at radius 2 is 1.89 bits per heavy atom. The number of esters is 1. The van der Waals surface area contributed by atoms with Crippen molar-refractivity contribution in [2.45, 2.75) is 65.5 Å². The Morgan fingerprint density at radius 3 is 2.57 bits per heavy atom. The fraction of sp³-hybridized carbons (Fsp3) is 0.800. The molecule has 2 rings (SSSR count). The average Bonchev–Trinajstić information content (AvgIpc) is 3.01. The molecule has 158 valence electrons. The summed E-state index contributed by atoms with van der Waals surface area (Å²) in [7, 11) is 0. The minimum absolute atomic E-state index is 0.0114. The zero-order valence-electron chi connectivity index (χ0n) is 17.3. The van der Waals surface area contributed by atoms with Crippen LogP contribution in [0.1, 0.15) is 53.4 Å². The molecule has 2 fully saturated rings. The van der Waals surface area contributed by atoms with Crippen molar-refractivity contribution < 1.29 is 23.9 Å². The summed E-state index contributed by atoms with van der Waals surface area (Å²) in [6.07, 6.45) is 3.38. The maximum absolute atomic E-state index is 12.4. The topological polar surface area (TPSA) is 105 Å². The quantitative estimate of drug-likeness (QED) is 0.622. The van der Waals surface area contributed by atoms with E-state index >= 15 is 0 Å². The molecule has 1 aliphatic heterocycles. The number of nitrogens with zero attached hydrogens (tertiary/aromatic N) is 1. The van der Waals surface area contributed by atoms with E-state index in [-0.39, 0.29) is 36.9 Å². The van der Waals surface area contributed by atoms with Gasteiger partial charge in [-0.05, 0) is 32.1 Å². The zero-order valence-corrected chi connectivity index (χ0v) is 17.3. The lowest BCUT2D eigenvalue weighted by Crippen LogP contribution is -2.45. The fourth-order valence-corrected chi connectivity index (χ4v) is 4.06. The van der Waals surface area contributed by atoms with E-state index in [0.717, 1.165) is 12.8 Å². The highest BCUT2D eigenvalue weighted by atomic mass is 16.5. The lowest BCUT2D eigenvalue weighted by atomic mass is 9.77. The van der Waals surface area contributed by atoms with E-state index in [1.165, 1.54) is 6.42 Å². The fourth-order valence-electron chi connectivity index (χ4n) is 4.06. The van der Waals surface area contributed by atoms with Gasteiger partial charge in [0.15, 0.2) is 6.61 Å². The second-order valence-corrected chi connectivity index (χ2v) is 8.39. The molecule has 0 aromatic rings. The van der Waals surface area contributed by atoms with Crippen LogP contribution in [0.2, 0.25) is 0 Å². The van der Waals surface area contributed by atoms with Crippen molar-refractivity contribution >= 4 is 23.7 Å². The molecule has 2 N–H and O–H groups in total. The highest BCUT2D eigenvalue weighted by Crippen LogP contribution is 2.35. The molecular formula is C20H33N3O5. The van der Waals surface area contributed by atoms with Crippen molar-refractivity contribution in [3.05, 3.63) is 0 Å². The standard InChI is InChI=1S/C20H33N3O5/c1-12(2)22-17(24)9-21-18(25)11-28-20(27)15-8-19(26)23(10-15)16-7-5-6-13(3)14(16)4/h12-16H,5-11H2,1-4H3,(H,21,25)(H,22,24)/t13-,14-,15-,16+/m1/s1. The number of carbonyl (C=O) groups excluding carboxylic acids is 4. The molecule has 8 heteroatoms. The first kappa shape index (κ1) is 22.2. The second kappa shape index (κ2) is 9.89. The van der Waals surface area contributed by atoms with Gasteiger partial charge in [0, 0.05) is 25.0 Å². The maximum Gasteiger partial charge on any atom is 0.311 e. The molecule has 1 heterocycles. The van der Waals surface area contributed by atoms with Gasteiger partial charge in [-0.15, -0.1) is 0 Å². The second-order valence-electron chi connectivity index (χ2n) is 8.39. The monoisotopic (exact) mass is 395 g/mol. The summed E-state index contributed by atoms with van der Waals surface area (Å²) in [6.45, 7) is 7.77. The highest BCUT2D eigenvalue weighted by molar-refractivity contribution is 5.89. The molecule has 8 nitrogen and oxygen atoms in total. The summed E-state index contributed by atoms with van der Waals surface area (Å²) in [5.41, 5.74) is 0. The molecule has 3 amide bonds. The number of nitrogens with one attached hydrogen (secondary N) is 2. The van der Waals surface area contributed by atoms with Crippen molar-refractivity contribution in [1.82, 2.24) is 15.5 Å². The molecular weight excluding hydrogens is 362 g/mol. The molecule has 28 heavy (non-hydrogen) atoms. The van der Waals surface area contributed by atoms with Crippen molar-refractivity contribution in [2.75, 3.05) is 19.7 Å². The molecule has 0 spiro atoms. The number of ether oxygens (including phenoxy) is 1. The minimum atomic E-state index is -0.539. The summed E-state index contributed by atoms with van der Waals surface area (Å²) in [5, 5.41) is 5.06. The SMILES string of the molecule is CC(C)NC(=O)CNC(=O)COC(=O)[C@@H]1CC(=O)N([C@H]2CCC[C@@H](C)[C@H]2C)C1. The van der Waals surface area contributed by atoms with E-state index in [1.54, 1.807) is 0 Å². The Bertz CT molecular complexity index is 607. The first-order chi connectivity index (χ1) is 13.2. The van der Waals surface area contributed by atoms with E-state index < -0.39 is 24.4 Å². The molecule has 0 aromatic carbocycles. The Hall–Kier alpha value is -2.12. The van der Waals surface area contributed by atoms with Gasteiger partial charge in [0.05, 0.1) is 12.5 Å². The lowest BCUT2D eigenvalue weighted by molar-refractivity contribution is -0.152. The van der Waals surface area contributed by atoms with Gasteiger partial charge in [-0.3, -0.25) is 19.2 Å². The van der Waals surface area contributed by atoms with E-state index in [9.17, 15) is 19.2 Å². The van der Waals surface area contributed by atoms with Crippen LogP contribution in [0.3, 0.4) is 0 Å². The van der Waals surface area contributed by atoms with E-state index in [0.29, 0.717) is 18.4 Å². The number of hydrogen-bond acceptors (Lipinski definition) is 5. The molecule has 0 aromatic heterocycles. The third-order valence-electron chi connectivity index (χ3n) is 5.80. The normalized spacial score (nSPS) is 27.6. The van der Waals surface area contributed by atoms with Crippen LogP contribution in [0.5, 0.6) is 0 Å². The predicted octanol–water partition coefficient (Wildman–Crippen LogP) is 0.844. The average molecular weight is 396 g/mol. The number of amides is 3. The smallest absolute Gasteiger partial charge is 0.311 e. The van der Waals surface area contributed by atoms with E-state index in [1.807, 2.05) is 18.7 Å². The van der Waals surface area contributed by atoms with Crippen LogP contribution in [0, 0.1) is 17.8 Å². The first-order valence-corrected chi connectivity index (χ1v) is 10.2. The number of likely N-dealkylation sites (tertiary alicyclic amines) is 1. The van der Waals surface area contributed by atoms with Crippen LogP contribution in [-0.2, 0) is 23.9 Å². The number of rotatable bonds is 7. The summed E-state index contributed by atoms with van der Waals surface area (Å²) in [6, 6.07) is 0.164. The van der Waals surface area contributed by atoms with Crippen molar-refractivity contribution in [3.63, 3.8) is 0 Å². The van der Waals surface area contributed by atoms with Gasteiger partial charge in [-0.25, -0.2) is 0 Å². The lowest BCUT2D eigenvalue weighted by Gasteiger charge is -2.39. The predicted molar refractivity (Wildman–Crippen MR) is 103 cm³/mol. The van der Waals surface area contributed by atoms with Crippen LogP contribution in [0.4, 0.5) is 0 Å². The highest BCUT2D eigenvalue weighted by Gasteiger charge is 2.42. The number of carbonyl (C=O) groups is 4. The Kier molecular flexibility index (Phi) is 7.83. The molecule has 0 unspecified atom stereocenters. The third-order valence-corrected chi connectivity index (χ3v) is 5.80. The van der Waals surface area contributed by atoms with Gasteiger partial charge in [-0.1, -0.05) is 26.7 Å². The van der Waals surface area contributed by atoms with Gasteiger partial charge in [0.25, 0.3) is 5.91 Å². The Morgan fingerprint density at radius 1 is 1.18 bits per heavy atom. The molecule has 2 aliphatic rings. The molecule has 0 radical (unpaired) electrons. The van der Waals surface area contributed by atoms with E-state index in [4.69, 9.17) is 4.74 Å². The Balaban J connectivity index is 1.76. The van der Waals surface area contributed by atoms with Crippen LogP contribution >= 0.6 is 0 Å². The van der Waals surface area contributed by atoms with Crippen LogP contribution in [-0.4, -0.2) is 60.4 Å². The maximum atomic E-state index is 12.4. The molecule has 4 atom stereocenters. The number of hydrogen-bond donors (Lipinski definition) is 2. The summed E-state index contributed by atoms with van der Waals surface area (Å²) < 4.78 is 5.07. The third kappa shape index (κ3) is 5.94. The first-order valence-electron chi connectivity index (χ1n) is 10.2. The minimum Gasteiger partial charge on any atom is -0.455 e. The molecule has 1 saturated carbocycles. The van der Waals surface area contributed by atoms with Gasteiger partial charge in [0.2, 0.25) is 11.8 Å². The molecule has 0 bridgehead atoms. The molecule has 1 aliphatic carbocycles. The van der Waals surface area contributed by atoms with Gasteiger partial charge < -0.3 is 20.3 Å². The van der Waals surface area contributed by atoms with Crippen molar-refractivity contribution in [1.29, 1.82) is 0 Å². The van der Waals surface area contributed by atoms with E-state index in [2.05, 4.69) is 24.5 Å².